The molecule has 248 valence electrons. The molecule has 0 aliphatic carbocycles. The Morgan fingerprint density at radius 2 is 1.66 bits per heavy atom. The quantitative estimate of drug-likeness (QED) is 0.163. The molecule has 47 heavy (non-hydrogen) atoms. The van der Waals surface area contributed by atoms with E-state index in [2.05, 4.69) is 31.1 Å². The van der Waals surface area contributed by atoms with Crippen molar-refractivity contribution in [1.29, 1.82) is 0 Å². The minimum atomic E-state index is -0.918. The summed E-state index contributed by atoms with van der Waals surface area (Å²) in [6.07, 6.45) is 0.447. The molecule has 0 atom stereocenters. The van der Waals surface area contributed by atoms with Crippen molar-refractivity contribution in [3.8, 4) is 16.2 Å². The lowest BCUT2D eigenvalue weighted by Gasteiger charge is -2.23. The summed E-state index contributed by atoms with van der Waals surface area (Å²) in [4.78, 5) is 47.7. The van der Waals surface area contributed by atoms with Crippen LogP contribution in [0.15, 0.2) is 54.7 Å². The number of halogens is 2. The number of anilines is 3. The third kappa shape index (κ3) is 8.55. The lowest BCUT2D eigenvalue weighted by Crippen LogP contribution is -2.33. The minimum absolute atomic E-state index is 0.0378. The second-order valence-corrected chi connectivity index (χ2v) is 11.1. The van der Waals surface area contributed by atoms with Gasteiger partial charge in [0.1, 0.15) is 22.4 Å². The van der Waals surface area contributed by atoms with Crippen LogP contribution < -0.4 is 25.8 Å². The van der Waals surface area contributed by atoms with E-state index >= 15 is 0 Å². The number of nitrogens with one attached hydrogen (secondary N) is 3. The average Bonchev–Trinajstić information content (AvgIpc) is 3.39. The van der Waals surface area contributed by atoms with Crippen molar-refractivity contribution >= 4 is 45.9 Å². The van der Waals surface area contributed by atoms with Gasteiger partial charge < -0.3 is 25.0 Å². The van der Waals surface area contributed by atoms with Crippen LogP contribution in [-0.2, 0) is 22.7 Å². The van der Waals surface area contributed by atoms with Gasteiger partial charge in [-0.05, 0) is 56.4 Å². The van der Waals surface area contributed by atoms with Crippen molar-refractivity contribution in [3.63, 3.8) is 0 Å². The third-order valence-corrected chi connectivity index (χ3v) is 7.81. The molecule has 2 aromatic heterocycles. The van der Waals surface area contributed by atoms with E-state index in [0.29, 0.717) is 27.4 Å². The summed E-state index contributed by atoms with van der Waals surface area (Å²) in [5.74, 6) is -2.01. The first-order valence-corrected chi connectivity index (χ1v) is 14.9. The number of carbonyl (C=O) groups excluding carboxylic acids is 3. The maximum Gasteiger partial charge on any atom is 0.415 e. The third-order valence-electron chi connectivity index (χ3n) is 6.51. The van der Waals surface area contributed by atoms with Gasteiger partial charge in [0.05, 0.1) is 39.1 Å². The first-order chi connectivity index (χ1) is 22.6. The fourth-order valence-corrected chi connectivity index (χ4v) is 5.80. The Labute approximate surface area is 273 Å². The molecule has 0 saturated carbocycles. The molecule has 4 aromatic rings. The topological polar surface area (TPSA) is 147 Å². The van der Waals surface area contributed by atoms with Crippen molar-refractivity contribution in [2.75, 3.05) is 50.5 Å². The summed E-state index contributed by atoms with van der Waals surface area (Å²) < 4.78 is 40.4. The number of benzene rings is 2. The molecule has 0 aliphatic heterocycles. The molecule has 3 N–H and O–H groups in total. The second-order valence-electron chi connectivity index (χ2n) is 10.1. The lowest BCUT2D eigenvalue weighted by molar-refractivity contribution is 0.102. The molecule has 0 aliphatic rings. The second kappa shape index (κ2) is 15.9. The number of hydroxylamine groups is 1. The number of thiophene rings is 1. The Bertz CT molecular complexity index is 1720. The van der Waals surface area contributed by atoms with Crippen LogP contribution in [0.3, 0.4) is 0 Å². The average molecular weight is 670 g/mol. The van der Waals surface area contributed by atoms with Gasteiger partial charge in [0.2, 0.25) is 0 Å². The monoisotopic (exact) mass is 669 g/mol. The van der Waals surface area contributed by atoms with E-state index in [1.165, 1.54) is 32.5 Å². The lowest BCUT2D eigenvalue weighted by atomic mass is 10.0. The van der Waals surface area contributed by atoms with E-state index < -0.39 is 36.2 Å². The van der Waals surface area contributed by atoms with Crippen molar-refractivity contribution in [1.82, 2.24) is 20.6 Å². The van der Waals surface area contributed by atoms with Gasteiger partial charge >= 0.3 is 12.1 Å². The van der Waals surface area contributed by atoms with Gasteiger partial charge in [-0.2, -0.15) is 5.10 Å². The highest BCUT2D eigenvalue weighted by Crippen LogP contribution is 2.44. The van der Waals surface area contributed by atoms with Crippen molar-refractivity contribution < 1.29 is 37.5 Å². The first-order valence-electron chi connectivity index (χ1n) is 14.1. The van der Waals surface area contributed by atoms with E-state index in [1.807, 2.05) is 4.90 Å². The molecule has 0 spiro atoms. The summed E-state index contributed by atoms with van der Waals surface area (Å²) in [6, 6.07) is 11.0. The normalized spacial score (nSPS) is 10.8. The predicted molar refractivity (Wildman–Crippen MR) is 172 cm³/mol. The molecule has 4 amide bonds. The van der Waals surface area contributed by atoms with E-state index in [0.717, 1.165) is 28.4 Å². The Balaban J connectivity index is 1.92. The SMILES string of the molecule is CCOC(=O)N(Cc1c(F)cccc1F)c1sc(-c2ccc(NC(=O)NOC)cc2)c(CN(C)C)c1C(=O)Nc1cc(OC)cnn1. The Kier molecular flexibility index (Phi) is 11.7. The zero-order chi connectivity index (χ0) is 34.1. The van der Waals surface area contributed by atoms with Gasteiger partial charge in [-0.1, -0.05) is 18.2 Å². The van der Waals surface area contributed by atoms with E-state index in [-0.39, 0.29) is 35.1 Å². The van der Waals surface area contributed by atoms with Crippen LogP contribution in [0, 0.1) is 11.6 Å². The molecule has 16 heteroatoms. The maximum absolute atomic E-state index is 14.9. The fraction of sp³-hybridized carbons (Fsp3) is 0.258. The largest absolute Gasteiger partial charge is 0.495 e. The number of methoxy groups -OCH3 is 1. The zero-order valence-corrected chi connectivity index (χ0v) is 27.0. The molecule has 0 fully saturated rings. The number of hydrogen-bond acceptors (Lipinski definition) is 10. The number of nitrogens with zero attached hydrogens (tertiary/aromatic N) is 4. The standard InChI is InChI=1S/C31H33F2N7O6S/c1-6-46-31(43)40(17-21-23(32)8-7-9-24(21)33)29-26(28(41)36-25-14-20(44-4)15-34-37-25)22(16-39(2)3)27(47-29)18-10-12-19(13-11-18)35-30(42)38-45-5/h7-15H,6,16-17H2,1-5H3,(H2,35,38,42)(H,36,37,41). The molecule has 0 bridgehead atoms. The first kappa shape index (κ1) is 34.7. The Morgan fingerprint density at radius 1 is 0.957 bits per heavy atom. The van der Waals surface area contributed by atoms with Gasteiger partial charge in [-0.25, -0.2) is 23.9 Å². The van der Waals surface area contributed by atoms with E-state index in [4.69, 9.17) is 9.47 Å². The highest BCUT2D eigenvalue weighted by Gasteiger charge is 2.33. The molecule has 13 nitrogen and oxygen atoms in total. The van der Waals surface area contributed by atoms with Crippen LogP contribution in [0.2, 0.25) is 0 Å². The molecule has 2 aromatic carbocycles. The molecule has 0 unspecified atom stereocenters. The highest BCUT2D eigenvalue weighted by atomic mass is 32.1. The van der Waals surface area contributed by atoms with Crippen LogP contribution in [0.1, 0.15) is 28.4 Å². The van der Waals surface area contributed by atoms with Gasteiger partial charge in [0.15, 0.2) is 5.82 Å². The molecule has 2 heterocycles. The summed E-state index contributed by atoms with van der Waals surface area (Å²) >= 11 is 1.06. The fourth-order valence-electron chi connectivity index (χ4n) is 4.49. The molecular formula is C31H33F2N7O6S. The van der Waals surface area contributed by atoms with Gasteiger partial charge in [-0.15, -0.1) is 16.4 Å². The summed E-state index contributed by atoms with van der Waals surface area (Å²) in [5.41, 5.74) is 3.41. The summed E-state index contributed by atoms with van der Waals surface area (Å²) in [5, 5.41) is 13.2. The van der Waals surface area contributed by atoms with Crippen LogP contribution in [0.4, 0.5) is 34.9 Å². The van der Waals surface area contributed by atoms with Crippen LogP contribution in [0.5, 0.6) is 5.75 Å². The minimum Gasteiger partial charge on any atom is -0.495 e. The number of rotatable bonds is 12. The number of aromatic nitrogens is 2. The summed E-state index contributed by atoms with van der Waals surface area (Å²) in [7, 11) is 6.34. The van der Waals surface area contributed by atoms with E-state index in [9.17, 15) is 23.2 Å². The van der Waals surface area contributed by atoms with Gasteiger partial charge in [-0.3, -0.25) is 14.5 Å². The Morgan fingerprint density at radius 3 is 2.28 bits per heavy atom. The molecule has 0 radical (unpaired) electrons. The highest BCUT2D eigenvalue weighted by molar-refractivity contribution is 7.20. The number of carbonyl (C=O) groups is 3. The number of ether oxygens (including phenoxy) is 2. The van der Waals surface area contributed by atoms with Crippen LogP contribution in [-0.4, -0.2) is 68.1 Å². The zero-order valence-electron chi connectivity index (χ0n) is 26.2. The molecule has 4 rings (SSSR count). The van der Waals surface area contributed by atoms with Crippen molar-refractivity contribution in [2.24, 2.45) is 0 Å². The smallest absolute Gasteiger partial charge is 0.415 e. The maximum atomic E-state index is 14.9. The van der Waals surface area contributed by atoms with Crippen molar-refractivity contribution in [2.45, 2.75) is 20.0 Å². The molecular weight excluding hydrogens is 636 g/mol. The van der Waals surface area contributed by atoms with Crippen LogP contribution >= 0.6 is 11.3 Å². The van der Waals surface area contributed by atoms with Crippen LogP contribution in [0.25, 0.3) is 10.4 Å². The predicted octanol–water partition coefficient (Wildman–Crippen LogP) is 5.65. The van der Waals surface area contributed by atoms with Crippen molar-refractivity contribution in [3.05, 3.63) is 83.1 Å². The van der Waals surface area contributed by atoms with E-state index in [1.54, 1.807) is 45.3 Å². The number of amides is 4. The van der Waals surface area contributed by atoms with Gasteiger partial charge in [0.25, 0.3) is 5.91 Å². The Hall–Kier alpha value is -5.19. The summed E-state index contributed by atoms with van der Waals surface area (Å²) in [6.45, 7) is 1.20. The molecule has 0 saturated heterocycles. The number of urea groups is 1. The van der Waals surface area contributed by atoms with Gasteiger partial charge in [0, 0.05) is 28.7 Å². The number of hydrogen-bond donors (Lipinski definition) is 3.